The lowest BCUT2D eigenvalue weighted by Crippen LogP contribution is -2.30. The zero-order chi connectivity index (χ0) is 10.7. The number of hydrogen-bond acceptors (Lipinski definition) is 3. The van der Waals surface area contributed by atoms with Crippen LogP contribution in [0.3, 0.4) is 0 Å². The van der Waals surface area contributed by atoms with Gasteiger partial charge in [-0.3, -0.25) is 14.4 Å². The minimum absolute atomic E-state index is 0.272. The third-order valence-electron chi connectivity index (χ3n) is 2.20. The van der Waals surface area contributed by atoms with Crippen molar-refractivity contribution in [2.45, 2.75) is 13.5 Å². The summed E-state index contributed by atoms with van der Waals surface area (Å²) in [6.07, 6.45) is 1.81. The highest BCUT2D eigenvalue weighted by molar-refractivity contribution is 5.75. The topological polar surface area (TPSA) is 64.2 Å². The maximum atomic E-state index is 10.6. The van der Waals surface area contributed by atoms with Crippen molar-refractivity contribution in [1.82, 2.24) is 14.7 Å². The summed E-state index contributed by atoms with van der Waals surface area (Å²) in [5, 5.41) is 4.12. The molecule has 2 N–H and O–H groups in total. The van der Waals surface area contributed by atoms with E-state index in [0.717, 1.165) is 11.3 Å². The van der Waals surface area contributed by atoms with Gasteiger partial charge in [-0.05, 0) is 14.0 Å². The largest absolute Gasteiger partial charge is 0.369 e. The summed E-state index contributed by atoms with van der Waals surface area (Å²) in [4.78, 5) is 12.5. The van der Waals surface area contributed by atoms with Gasteiger partial charge in [0.1, 0.15) is 0 Å². The van der Waals surface area contributed by atoms with Gasteiger partial charge >= 0.3 is 0 Å². The van der Waals surface area contributed by atoms with Gasteiger partial charge in [-0.25, -0.2) is 0 Å². The van der Waals surface area contributed by atoms with E-state index in [0.29, 0.717) is 6.54 Å². The van der Waals surface area contributed by atoms with Crippen LogP contribution in [-0.4, -0.2) is 34.2 Å². The van der Waals surface area contributed by atoms with E-state index in [1.807, 2.05) is 36.8 Å². The Morgan fingerprint density at radius 3 is 2.79 bits per heavy atom. The molecule has 0 radical (unpaired) electrons. The first kappa shape index (κ1) is 10.7. The molecule has 1 aromatic rings. The first-order valence-corrected chi connectivity index (χ1v) is 4.45. The number of amides is 1. The van der Waals surface area contributed by atoms with E-state index in [1.165, 1.54) is 0 Å². The zero-order valence-corrected chi connectivity index (χ0v) is 8.82. The summed E-state index contributed by atoms with van der Waals surface area (Å²) in [5.74, 6) is -0.311. The number of nitrogens with two attached hydrogens (primary N) is 1. The van der Waals surface area contributed by atoms with E-state index >= 15 is 0 Å². The smallest absolute Gasteiger partial charge is 0.231 e. The molecule has 0 bridgehead atoms. The van der Waals surface area contributed by atoms with Crippen molar-refractivity contribution in [1.29, 1.82) is 0 Å². The zero-order valence-electron chi connectivity index (χ0n) is 8.82. The molecule has 1 heterocycles. The lowest BCUT2D eigenvalue weighted by Gasteiger charge is -2.13. The number of primary amides is 1. The molecular weight excluding hydrogens is 180 g/mol. The van der Waals surface area contributed by atoms with Crippen molar-refractivity contribution in [2.24, 2.45) is 12.8 Å². The molecule has 0 atom stereocenters. The second-order valence-electron chi connectivity index (χ2n) is 3.52. The number of aromatic nitrogens is 2. The molecule has 1 rings (SSSR count). The summed E-state index contributed by atoms with van der Waals surface area (Å²) in [6.45, 7) is 2.97. The Labute approximate surface area is 83.5 Å². The first-order valence-electron chi connectivity index (χ1n) is 4.45. The Morgan fingerprint density at radius 1 is 1.71 bits per heavy atom. The van der Waals surface area contributed by atoms with E-state index < -0.39 is 0 Å². The number of rotatable bonds is 4. The second-order valence-corrected chi connectivity index (χ2v) is 3.52. The maximum absolute atomic E-state index is 10.6. The fourth-order valence-electron chi connectivity index (χ4n) is 1.31. The van der Waals surface area contributed by atoms with Gasteiger partial charge in [0.15, 0.2) is 0 Å². The Kier molecular flexibility index (Phi) is 3.24. The fraction of sp³-hybridized carbons (Fsp3) is 0.556. The van der Waals surface area contributed by atoms with Crippen LogP contribution < -0.4 is 5.73 Å². The lowest BCUT2D eigenvalue weighted by molar-refractivity contribution is -0.118. The average molecular weight is 196 g/mol. The van der Waals surface area contributed by atoms with Gasteiger partial charge in [0.2, 0.25) is 5.91 Å². The number of hydrogen-bond donors (Lipinski definition) is 1. The van der Waals surface area contributed by atoms with Crippen molar-refractivity contribution in [3.63, 3.8) is 0 Å². The Balaban J connectivity index is 2.60. The molecular formula is C9H16N4O. The number of carbonyl (C=O) groups is 1. The number of nitrogens with zero attached hydrogens (tertiary/aromatic N) is 3. The highest BCUT2D eigenvalue weighted by atomic mass is 16.1. The minimum atomic E-state index is -0.311. The third kappa shape index (κ3) is 2.56. The van der Waals surface area contributed by atoms with E-state index in [1.54, 1.807) is 0 Å². The second kappa shape index (κ2) is 4.23. The molecule has 5 nitrogen and oxygen atoms in total. The standard InChI is InChI=1S/C9H16N4O/c1-7-8(4-11-13(7)3)5-12(2)6-9(10)14/h4H,5-6H2,1-3H3,(H2,10,14). The highest BCUT2D eigenvalue weighted by Gasteiger charge is 2.08. The van der Waals surface area contributed by atoms with Crippen molar-refractivity contribution >= 4 is 5.91 Å². The van der Waals surface area contributed by atoms with Gasteiger partial charge in [-0.1, -0.05) is 0 Å². The van der Waals surface area contributed by atoms with Crippen LogP contribution >= 0.6 is 0 Å². The van der Waals surface area contributed by atoms with Crippen LogP contribution in [-0.2, 0) is 18.4 Å². The molecule has 0 spiro atoms. The predicted molar refractivity (Wildman–Crippen MR) is 53.5 cm³/mol. The van der Waals surface area contributed by atoms with E-state index in [9.17, 15) is 4.79 Å². The van der Waals surface area contributed by atoms with Gasteiger partial charge in [0.25, 0.3) is 0 Å². The van der Waals surface area contributed by atoms with Crippen LogP contribution in [0.4, 0.5) is 0 Å². The molecule has 78 valence electrons. The summed E-state index contributed by atoms with van der Waals surface area (Å²) in [6, 6.07) is 0. The molecule has 14 heavy (non-hydrogen) atoms. The van der Waals surface area contributed by atoms with Crippen LogP contribution in [0, 0.1) is 6.92 Å². The molecule has 0 aliphatic carbocycles. The average Bonchev–Trinajstić information content (AvgIpc) is 2.34. The Morgan fingerprint density at radius 2 is 2.36 bits per heavy atom. The van der Waals surface area contributed by atoms with Crippen molar-refractivity contribution < 1.29 is 4.79 Å². The van der Waals surface area contributed by atoms with Gasteiger partial charge in [0.05, 0.1) is 12.7 Å². The lowest BCUT2D eigenvalue weighted by atomic mass is 10.2. The SMILES string of the molecule is Cc1c(CN(C)CC(N)=O)cnn1C. The fourth-order valence-corrected chi connectivity index (χ4v) is 1.31. The van der Waals surface area contributed by atoms with Crippen LogP contribution in [0.1, 0.15) is 11.3 Å². The highest BCUT2D eigenvalue weighted by Crippen LogP contribution is 2.07. The van der Waals surface area contributed by atoms with Gasteiger partial charge in [-0.15, -0.1) is 0 Å². The number of aryl methyl sites for hydroxylation is 1. The molecule has 0 saturated heterocycles. The normalized spacial score (nSPS) is 10.9. The molecule has 5 heteroatoms. The summed E-state index contributed by atoms with van der Waals surface area (Å²) in [5.41, 5.74) is 7.32. The monoisotopic (exact) mass is 196 g/mol. The van der Waals surface area contributed by atoms with E-state index in [4.69, 9.17) is 5.73 Å². The molecule has 0 unspecified atom stereocenters. The van der Waals surface area contributed by atoms with Crippen molar-refractivity contribution in [2.75, 3.05) is 13.6 Å². The Hall–Kier alpha value is -1.36. The molecule has 0 aromatic carbocycles. The summed E-state index contributed by atoms with van der Waals surface area (Å²) < 4.78 is 1.81. The van der Waals surface area contributed by atoms with Crippen LogP contribution in [0.2, 0.25) is 0 Å². The molecule has 1 aromatic heterocycles. The number of carbonyl (C=O) groups excluding carboxylic acids is 1. The summed E-state index contributed by atoms with van der Waals surface area (Å²) in [7, 11) is 3.75. The van der Waals surface area contributed by atoms with Crippen molar-refractivity contribution in [3.05, 3.63) is 17.5 Å². The molecule has 0 aliphatic rings. The molecule has 0 saturated carbocycles. The quantitative estimate of drug-likeness (QED) is 0.715. The van der Waals surface area contributed by atoms with Crippen LogP contribution in [0.25, 0.3) is 0 Å². The van der Waals surface area contributed by atoms with Crippen LogP contribution in [0.15, 0.2) is 6.20 Å². The molecule has 1 amide bonds. The first-order chi connectivity index (χ1) is 6.50. The molecule has 0 fully saturated rings. The summed E-state index contributed by atoms with van der Waals surface area (Å²) >= 11 is 0. The van der Waals surface area contributed by atoms with Gasteiger partial charge in [0, 0.05) is 24.8 Å². The third-order valence-corrected chi connectivity index (χ3v) is 2.20. The Bertz CT molecular complexity index is 332. The van der Waals surface area contributed by atoms with E-state index in [-0.39, 0.29) is 12.5 Å². The maximum Gasteiger partial charge on any atom is 0.231 e. The van der Waals surface area contributed by atoms with E-state index in [2.05, 4.69) is 5.10 Å². The van der Waals surface area contributed by atoms with Gasteiger partial charge in [-0.2, -0.15) is 5.10 Å². The van der Waals surface area contributed by atoms with Gasteiger partial charge < -0.3 is 5.73 Å². The predicted octanol–water partition coefficient (Wildman–Crippen LogP) is -0.354. The minimum Gasteiger partial charge on any atom is -0.369 e. The number of likely N-dealkylation sites (N-methyl/N-ethyl adjacent to an activating group) is 1. The molecule has 0 aliphatic heterocycles. The van der Waals surface area contributed by atoms with Crippen molar-refractivity contribution in [3.8, 4) is 0 Å². The van der Waals surface area contributed by atoms with Crippen LogP contribution in [0.5, 0.6) is 0 Å².